The quantitative estimate of drug-likeness (QED) is 0.394. The summed E-state index contributed by atoms with van der Waals surface area (Å²) >= 11 is 9.67. The normalized spacial score (nSPS) is 13.5. The van der Waals surface area contributed by atoms with Crippen LogP contribution in [0.3, 0.4) is 0 Å². The van der Waals surface area contributed by atoms with Crippen molar-refractivity contribution in [1.82, 2.24) is 4.98 Å². The number of benzene rings is 2. The number of hydrogen-bond donors (Lipinski definition) is 1. The van der Waals surface area contributed by atoms with Crippen molar-refractivity contribution in [2.75, 3.05) is 0 Å². The van der Waals surface area contributed by atoms with Crippen LogP contribution in [0.4, 0.5) is 4.39 Å². The van der Waals surface area contributed by atoms with Gasteiger partial charge in [0.2, 0.25) is 0 Å². The first-order chi connectivity index (χ1) is 14.9. The number of carbonyl (C=O) groups is 1. The number of rotatable bonds is 6. The van der Waals surface area contributed by atoms with E-state index in [1.807, 2.05) is 24.3 Å². The van der Waals surface area contributed by atoms with Crippen molar-refractivity contribution in [3.05, 3.63) is 92.4 Å². The molecular weight excluding hydrogens is 485 g/mol. The van der Waals surface area contributed by atoms with E-state index in [1.165, 1.54) is 18.2 Å². The van der Waals surface area contributed by atoms with Gasteiger partial charge in [-0.25, -0.2) is 14.2 Å². The molecule has 0 saturated heterocycles. The van der Waals surface area contributed by atoms with Crippen LogP contribution in [-0.4, -0.2) is 16.1 Å². The molecule has 0 radical (unpaired) electrons. The molecule has 1 heterocycles. The molecule has 0 atom stereocenters. The van der Waals surface area contributed by atoms with Crippen molar-refractivity contribution in [2.45, 2.75) is 25.9 Å². The molecule has 31 heavy (non-hydrogen) atoms. The third kappa shape index (κ3) is 4.81. The van der Waals surface area contributed by atoms with Crippen molar-refractivity contribution in [3.8, 4) is 5.75 Å². The molecule has 0 unspecified atom stereocenters. The van der Waals surface area contributed by atoms with Gasteiger partial charge in [0, 0.05) is 15.6 Å². The lowest BCUT2D eigenvalue weighted by Crippen LogP contribution is -2.03. The smallest absolute Gasteiger partial charge is 0.354 e. The average Bonchev–Trinajstić information content (AvgIpc) is 3.23. The van der Waals surface area contributed by atoms with Crippen molar-refractivity contribution >= 4 is 44.6 Å². The minimum atomic E-state index is -1.05. The van der Waals surface area contributed by atoms with E-state index in [9.17, 15) is 14.3 Å². The van der Waals surface area contributed by atoms with Gasteiger partial charge in [0.15, 0.2) is 0 Å². The number of nitrogens with zero attached hydrogens (tertiary/aromatic N) is 1. The van der Waals surface area contributed by atoms with E-state index in [-0.39, 0.29) is 12.3 Å². The fourth-order valence-electron chi connectivity index (χ4n) is 3.70. The van der Waals surface area contributed by atoms with Crippen LogP contribution in [0.25, 0.3) is 11.1 Å². The van der Waals surface area contributed by atoms with Crippen LogP contribution in [0.2, 0.25) is 5.02 Å². The maximum Gasteiger partial charge on any atom is 0.354 e. The second-order valence-corrected chi connectivity index (χ2v) is 8.51. The van der Waals surface area contributed by atoms with Gasteiger partial charge in [0.25, 0.3) is 0 Å². The van der Waals surface area contributed by atoms with Gasteiger partial charge in [0.05, 0.1) is 10.7 Å². The summed E-state index contributed by atoms with van der Waals surface area (Å²) in [6, 6.07) is 15.0. The third-order valence-corrected chi connectivity index (χ3v) is 6.01. The highest BCUT2D eigenvalue weighted by Crippen LogP contribution is 2.43. The molecule has 0 amide bonds. The first-order valence-electron chi connectivity index (χ1n) is 9.72. The number of hydrogen-bond acceptors (Lipinski definition) is 3. The maximum absolute atomic E-state index is 13.3. The van der Waals surface area contributed by atoms with Crippen molar-refractivity contribution in [2.24, 2.45) is 0 Å². The van der Waals surface area contributed by atoms with Crippen molar-refractivity contribution in [3.63, 3.8) is 0 Å². The Morgan fingerprint density at radius 1 is 1.13 bits per heavy atom. The van der Waals surface area contributed by atoms with E-state index >= 15 is 0 Å². The number of aromatic nitrogens is 1. The minimum Gasteiger partial charge on any atom is -0.488 e. The lowest BCUT2D eigenvalue weighted by molar-refractivity contribution is 0.0690. The van der Waals surface area contributed by atoms with Gasteiger partial charge < -0.3 is 9.84 Å². The number of ether oxygens (including phenoxy) is 1. The van der Waals surface area contributed by atoms with Crippen LogP contribution in [0.15, 0.2) is 59.1 Å². The Morgan fingerprint density at radius 2 is 1.94 bits per heavy atom. The van der Waals surface area contributed by atoms with Crippen molar-refractivity contribution in [1.29, 1.82) is 0 Å². The van der Waals surface area contributed by atoms with Crippen molar-refractivity contribution < 1.29 is 19.0 Å². The molecule has 3 aromatic rings. The highest BCUT2D eigenvalue weighted by Gasteiger charge is 2.22. The summed E-state index contributed by atoms with van der Waals surface area (Å²) in [6.07, 6.45) is 2.58. The molecule has 1 N–H and O–H groups in total. The molecule has 7 heteroatoms. The second-order valence-electron chi connectivity index (χ2n) is 7.19. The van der Waals surface area contributed by atoms with Crippen LogP contribution in [0.1, 0.15) is 46.6 Å². The standard InChI is InChI=1S/C24H18BrClFNO3/c25-15-8-10-23(31-13-14-7-9-16(27)12-20(14)26)19(11-15)17-3-1-4-18(17)21-5-2-6-22(28-21)24(29)30/h2,5-12H,1,3-4,13H2,(H,29,30). The minimum absolute atomic E-state index is 0.0212. The fraction of sp³-hybridized carbons (Fsp3) is 0.167. The van der Waals surface area contributed by atoms with E-state index in [0.717, 1.165) is 40.4 Å². The third-order valence-electron chi connectivity index (χ3n) is 5.16. The first-order valence-corrected chi connectivity index (χ1v) is 10.9. The molecule has 158 valence electrons. The predicted octanol–water partition coefficient (Wildman–Crippen LogP) is 7.01. The summed E-state index contributed by atoms with van der Waals surface area (Å²) in [5.41, 5.74) is 4.39. The maximum atomic E-state index is 13.3. The zero-order valence-corrected chi connectivity index (χ0v) is 18.7. The average molecular weight is 503 g/mol. The summed E-state index contributed by atoms with van der Waals surface area (Å²) < 4.78 is 20.3. The number of carboxylic acids is 1. The molecule has 0 spiro atoms. The first kappa shape index (κ1) is 21.5. The summed E-state index contributed by atoms with van der Waals surface area (Å²) in [6.45, 7) is 0.198. The van der Waals surface area contributed by atoms with E-state index in [1.54, 1.807) is 12.1 Å². The molecule has 4 nitrogen and oxygen atoms in total. The summed E-state index contributed by atoms with van der Waals surface area (Å²) in [5.74, 6) is -0.771. The highest BCUT2D eigenvalue weighted by molar-refractivity contribution is 9.10. The van der Waals surface area contributed by atoms with Gasteiger partial charge in [-0.1, -0.05) is 39.7 Å². The van der Waals surface area contributed by atoms with Gasteiger partial charge >= 0.3 is 5.97 Å². The monoisotopic (exact) mass is 501 g/mol. The molecule has 0 aliphatic heterocycles. The molecule has 1 aliphatic rings. The Kier molecular flexibility index (Phi) is 6.39. The van der Waals surface area contributed by atoms with E-state index in [2.05, 4.69) is 20.9 Å². The lowest BCUT2D eigenvalue weighted by atomic mass is 9.99. The molecule has 1 aliphatic carbocycles. The fourth-order valence-corrected chi connectivity index (χ4v) is 4.29. The van der Waals surface area contributed by atoms with E-state index < -0.39 is 11.8 Å². The Labute approximate surface area is 192 Å². The van der Waals surface area contributed by atoms with E-state index in [0.29, 0.717) is 22.0 Å². The molecule has 0 bridgehead atoms. The molecule has 0 saturated carbocycles. The van der Waals surface area contributed by atoms with E-state index in [4.69, 9.17) is 16.3 Å². The van der Waals surface area contributed by atoms with Crippen LogP contribution >= 0.6 is 27.5 Å². The SMILES string of the molecule is O=C(O)c1cccc(C2=C(c3cc(Br)ccc3OCc3ccc(F)cc3Cl)CCC2)n1. The Balaban J connectivity index is 1.71. The number of aromatic carboxylic acids is 1. The zero-order valence-electron chi connectivity index (χ0n) is 16.4. The van der Waals surface area contributed by atoms with Gasteiger partial charge in [0.1, 0.15) is 23.9 Å². The number of allylic oxidation sites excluding steroid dienone is 2. The molecule has 0 fully saturated rings. The highest BCUT2D eigenvalue weighted by atomic mass is 79.9. The summed E-state index contributed by atoms with van der Waals surface area (Å²) in [7, 11) is 0. The second kappa shape index (κ2) is 9.20. The largest absolute Gasteiger partial charge is 0.488 e. The topological polar surface area (TPSA) is 59.4 Å². The molecule has 1 aromatic heterocycles. The Morgan fingerprint density at radius 3 is 2.71 bits per heavy atom. The van der Waals surface area contributed by atoms with Gasteiger partial charge in [-0.05, 0) is 72.9 Å². The van der Waals surface area contributed by atoms with Crippen LogP contribution in [-0.2, 0) is 6.61 Å². The van der Waals surface area contributed by atoms with Gasteiger partial charge in [-0.2, -0.15) is 0 Å². The Bertz CT molecular complexity index is 1200. The Hall–Kier alpha value is -2.70. The van der Waals surface area contributed by atoms with Crippen LogP contribution in [0, 0.1) is 5.82 Å². The number of carboxylic acid groups (broad SMARTS) is 1. The molecular formula is C24H18BrClFNO3. The van der Waals surface area contributed by atoms with Crippen LogP contribution < -0.4 is 4.74 Å². The number of halogens is 3. The van der Waals surface area contributed by atoms with Crippen LogP contribution in [0.5, 0.6) is 5.75 Å². The lowest BCUT2D eigenvalue weighted by Gasteiger charge is -2.15. The molecule has 4 rings (SSSR count). The summed E-state index contributed by atoms with van der Waals surface area (Å²) in [4.78, 5) is 15.7. The predicted molar refractivity (Wildman–Crippen MR) is 122 cm³/mol. The molecule has 2 aromatic carbocycles. The zero-order chi connectivity index (χ0) is 22.0. The van der Waals surface area contributed by atoms with Gasteiger partial charge in [-0.3, -0.25) is 0 Å². The number of pyridine rings is 1. The van der Waals surface area contributed by atoms with Gasteiger partial charge in [-0.15, -0.1) is 0 Å². The summed E-state index contributed by atoms with van der Waals surface area (Å²) in [5, 5.41) is 9.61.